The molecular formula is C15H14N2S. The first-order valence-electron chi connectivity index (χ1n) is 5.67. The van der Waals surface area contributed by atoms with Crippen molar-refractivity contribution in [3.63, 3.8) is 0 Å². The average molecular weight is 254 g/mol. The molecule has 0 bridgehead atoms. The van der Waals surface area contributed by atoms with Gasteiger partial charge in [-0.3, -0.25) is 0 Å². The number of thioether (sulfide) groups is 1. The molecule has 2 N–H and O–H groups in total. The Morgan fingerprint density at radius 1 is 1.22 bits per heavy atom. The number of benzene rings is 2. The van der Waals surface area contributed by atoms with Crippen molar-refractivity contribution in [3.8, 4) is 6.07 Å². The van der Waals surface area contributed by atoms with Crippen molar-refractivity contribution in [1.29, 1.82) is 5.26 Å². The summed E-state index contributed by atoms with van der Waals surface area (Å²) in [7, 11) is 0. The fourth-order valence-corrected chi connectivity index (χ4v) is 2.68. The van der Waals surface area contributed by atoms with E-state index in [2.05, 4.69) is 13.0 Å². The highest BCUT2D eigenvalue weighted by atomic mass is 32.2. The smallest absolute Gasteiger partial charge is 0.0991 e. The van der Waals surface area contributed by atoms with Gasteiger partial charge in [-0.15, -0.1) is 11.8 Å². The molecule has 0 fully saturated rings. The summed E-state index contributed by atoms with van der Waals surface area (Å²) in [5.41, 5.74) is 9.59. The summed E-state index contributed by atoms with van der Waals surface area (Å²) >= 11 is 1.76. The van der Waals surface area contributed by atoms with Crippen molar-refractivity contribution in [2.24, 2.45) is 0 Å². The third-order valence-corrected chi connectivity index (χ3v) is 3.90. The average Bonchev–Trinajstić information content (AvgIpc) is 2.38. The SMILES string of the molecule is Cc1cc(N)ccc1SCc1cccc(C#N)c1. The predicted molar refractivity (Wildman–Crippen MR) is 76.3 cm³/mol. The number of anilines is 1. The van der Waals surface area contributed by atoms with Gasteiger partial charge in [-0.2, -0.15) is 5.26 Å². The molecule has 2 rings (SSSR count). The van der Waals surface area contributed by atoms with Crippen LogP contribution < -0.4 is 5.73 Å². The lowest BCUT2D eigenvalue weighted by Crippen LogP contribution is -1.88. The Morgan fingerprint density at radius 2 is 2.06 bits per heavy atom. The number of hydrogen-bond donors (Lipinski definition) is 1. The molecule has 0 amide bonds. The van der Waals surface area contributed by atoms with Gasteiger partial charge in [-0.1, -0.05) is 12.1 Å². The Morgan fingerprint density at radius 3 is 2.78 bits per heavy atom. The van der Waals surface area contributed by atoms with E-state index in [9.17, 15) is 0 Å². The highest BCUT2D eigenvalue weighted by molar-refractivity contribution is 7.98. The van der Waals surface area contributed by atoms with Crippen LogP contribution in [0.4, 0.5) is 5.69 Å². The maximum absolute atomic E-state index is 8.85. The quantitative estimate of drug-likeness (QED) is 0.670. The Balaban J connectivity index is 2.09. The molecule has 0 saturated heterocycles. The first kappa shape index (κ1) is 12.5. The van der Waals surface area contributed by atoms with Gasteiger partial charge >= 0.3 is 0 Å². The Hall–Kier alpha value is -1.92. The van der Waals surface area contributed by atoms with Crippen LogP contribution in [0, 0.1) is 18.3 Å². The molecule has 0 heterocycles. The lowest BCUT2D eigenvalue weighted by atomic mass is 10.2. The summed E-state index contributed by atoms with van der Waals surface area (Å²) in [6.45, 7) is 2.06. The molecule has 0 radical (unpaired) electrons. The highest BCUT2D eigenvalue weighted by Crippen LogP contribution is 2.27. The van der Waals surface area contributed by atoms with Gasteiger partial charge < -0.3 is 5.73 Å². The molecule has 0 saturated carbocycles. The molecule has 2 aromatic carbocycles. The summed E-state index contributed by atoms with van der Waals surface area (Å²) in [6.07, 6.45) is 0. The maximum atomic E-state index is 8.85. The second-order valence-electron chi connectivity index (χ2n) is 4.13. The van der Waals surface area contributed by atoms with Crippen molar-refractivity contribution in [2.45, 2.75) is 17.6 Å². The van der Waals surface area contributed by atoms with Crippen molar-refractivity contribution < 1.29 is 0 Å². The van der Waals surface area contributed by atoms with Gasteiger partial charge in [0.05, 0.1) is 11.6 Å². The van der Waals surface area contributed by atoms with Crippen LogP contribution in [0.15, 0.2) is 47.4 Å². The molecule has 0 atom stereocenters. The number of aryl methyl sites for hydroxylation is 1. The Bertz CT molecular complexity index is 600. The minimum atomic E-state index is 0.710. The van der Waals surface area contributed by atoms with Gasteiger partial charge in [0.25, 0.3) is 0 Å². The van der Waals surface area contributed by atoms with Crippen LogP contribution in [0.1, 0.15) is 16.7 Å². The minimum Gasteiger partial charge on any atom is -0.399 e. The molecule has 18 heavy (non-hydrogen) atoms. The van der Waals surface area contributed by atoms with E-state index in [1.165, 1.54) is 10.5 Å². The second-order valence-corrected chi connectivity index (χ2v) is 5.14. The molecule has 0 unspecified atom stereocenters. The van der Waals surface area contributed by atoms with Gasteiger partial charge in [0.2, 0.25) is 0 Å². The molecular weight excluding hydrogens is 240 g/mol. The fraction of sp³-hybridized carbons (Fsp3) is 0.133. The van der Waals surface area contributed by atoms with E-state index in [-0.39, 0.29) is 0 Å². The zero-order chi connectivity index (χ0) is 13.0. The number of nitrogens with zero attached hydrogens (tertiary/aromatic N) is 1. The summed E-state index contributed by atoms with van der Waals surface area (Å²) in [5, 5.41) is 8.85. The molecule has 2 nitrogen and oxygen atoms in total. The first-order chi connectivity index (χ1) is 8.69. The zero-order valence-corrected chi connectivity index (χ0v) is 11.0. The number of hydrogen-bond acceptors (Lipinski definition) is 3. The summed E-state index contributed by atoms with van der Waals surface area (Å²) in [6, 6.07) is 15.8. The van der Waals surface area contributed by atoms with E-state index in [1.807, 2.05) is 42.5 Å². The van der Waals surface area contributed by atoms with E-state index in [4.69, 9.17) is 11.0 Å². The third kappa shape index (κ3) is 3.06. The molecule has 2 aromatic rings. The molecule has 0 aliphatic heterocycles. The second kappa shape index (κ2) is 5.61. The highest BCUT2D eigenvalue weighted by Gasteiger charge is 2.01. The molecule has 0 spiro atoms. The third-order valence-electron chi connectivity index (χ3n) is 2.65. The van der Waals surface area contributed by atoms with E-state index >= 15 is 0 Å². The molecule has 0 aliphatic carbocycles. The Kier molecular flexibility index (Phi) is 3.91. The van der Waals surface area contributed by atoms with Crippen LogP contribution in [0.25, 0.3) is 0 Å². The topological polar surface area (TPSA) is 49.8 Å². The van der Waals surface area contributed by atoms with E-state index < -0.39 is 0 Å². The summed E-state index contributed by atoms with van der Waals surface area (Å²) < 4.78 is 0. The maximum Gasteiger partial charge on any atom is 0.0991 e. The predicted octanol–water partition coefficient (Wildman–Crippen LogP) is 3.74. The largest absolute Gasteiger partial charge is 0.399 e. The van der Waals surface area contributed by atoms with Gasteiger partial charge in [0.1, 0.15) is 0 Å². The van der Waals surface area contributed by atoms with Crippen LogP contribution in [0.3, 0.4) is 0 Å². The van der Waals surface area contributed by atoms with Gasteiger partial charge in [0.15, 0.2) is 0 Å². The van der Waals surface area contributed by atoms with Crippen molar-refractivity contribution in [1.82, 2.24) is 0 Å². The number of nitrogen functional groups attached to an aromatic ring is 1. The summed E-state index contributed by atoms with van der Waals surface area (Å²) in [4.78, 5) is 1.23. The number of nitrogens with two attached hydrogens (primary N) is 1. The van der Waals surface area contributed by atoms with Crippen molar-refractivity contribution in [2.75, 3.05) is 5.73 Å². The first-order valence-corrected chi connectivity index (χ1v) is 6.65. The lowest BCUT2D eigenvalue weighted by Gasteiger charge is -2.06. The molecule has 0 aromatic heterocycles. The van der Waals surface area contributed by atoms with Crippen LogP contribution in [0.5, 0.6) is 0 Å². The number of nitriles is 1. The van der Waals surface area contributed by atoms with Crippen LogP contribution in [0.2, 0.25) is 0 Å². The van der Waals surface area contributed by atoms with E-state index in [1.54, 1.807) is 11.8 Å². The molecule has 0 aliphatic rings. The molecule has 90 valence electrons. The van der Waals surface area contributed by atoms with Crippen molar-refractivity contribution >= 4 is 17.4 Å². The van der Waals surface area contributed by atoms with Crippen LogP contribution in [-0.2, 0) is 5.75 Å². The normalized spacial score (nSPS) is 10.0. The molecule has 3 heteroatoms. The fourth-order valence-electron chi connectivity index (χ4n) is 1.73. The zero-order valence-electron chi connectivity index (χ0n) is 10.2. The van der Waals surface area contributed by atoms with Gasteiger partial charge in [-0.05, 0) is 48.4 Å². The van der Waals surface area contributed by atoms with Crippen LogP contribution >= 0.6 is 11.8 Å². The van der Waals surface area contributed by atoms with Gasteiger partial charge in [0, 0.05) is 16.3 Å². The van der Waals surface area contributed by atoms with E-state index in [0.717, 1.165) is 17.0 Å². The standard InChI is InChI=1S/C15H14N2S/c1-11-7-14(17)5-6-15(11)18-10-13-4-2-3-12(8-13)9-16/h2-8H,10,17H2,1H3. The van der Waals surface area contributed by atoms with Gasteiger partial charge in [-0.25, -0.2) is 0 Å². The Labute approximate surface area is 111 Å². The monoisotopic (exact) mass is 254 g/mol. The van der Waals surface area contributed by atoms with Crippen LogP contribution in [-0.4, -0.2) is 0 Å². The summed E-state index contributed by atoms with van der Waals surface area (Å²) in [5.74, 6) is 0.861. The lowest BCUT2D eigenvalue weighted by molar-refractivity contribution is 1.29. The van der Waals surface area contributed by atoms with Crippen molar-refractivity contribution in [3.05, 3.63) is 59.2 Å². The number of rotatable bonds is 3. The minimum absolute atomic E-state index is 0.710. The van der Waals surface area contributed by atoms with E-state index in [0.29, 0.717) is 5.56 Å².